The van der Waals surface area contributed by atoms with Crippen LogP contribution in [0, 0.1) is 16.7 Å². The second-order valence-corrected chi connectivity index (χ2v) is 8.08. The smallest absolute Gasteiger partial charge is 0.223 e. The van der Waals surface area contributed by atoms with E-state index in [0.29, 0.717) is 16.8 Å². The summed E-state index contributed by atoms with van der Waals surface area (Å²) >= 11 is 0. The lowest BCUT2D eigenvalue weighted by atomic mass is 9.40. The largest absolute Gasteiger partial charge is 0.368 e. The highest BCUT2D eigenvalue weighted by Crippen LogP contribution is 2.69. The third-order valence-electron chi connectivity index (χ3n) is 5.69. The zero-order valence-electron chi connectivity index (χ0n) is 11.8. The number of hydrogen-bond acceptors (Lipinski definition) is 4. The molecule has 1 heterocycles. The molecule has 2 unspecified atom stereocenters. The number of anilines is 1. The number of hydrogen-bond donors (Lipinski definition) is 1. The van der Waals surface area contributed by atoms with Crippen molar-refractivity contribution in [1.82, 2.24) is 15.0 Å². The Bertz CT molecular complexity index is 523. The predicted molar refractivity (Wildman–Crippen MR) is 73.3 cm³/mol. The minimum Gasteiger partial charge on any atom is -0.368 e. The number of aromatic nitrogens is 3. The minimum atomic E-state index is 0.167. The summed E-state index contributed by atoms with van der Waals surface area (Å²) in [7, 11) is 0. The number of nitrogens with zero attached hydrogens (tertiary/aromatic N) is 3. The standard InChI is InChI=1S/C15H22N4/c1-13-3-10-4-14(2,6-13)8-15(5-10,7-13)11-17-9-18-12(16)19-11/h9-10H,3-8H2,1-2H3,(H2,16,17,18,19). The van der Waals surface area contributed by atoms with Crippen LogP contribution in [0.25, 0.3) is 0 Å². The molecule has 1 aromatic rings. The van der Waals surface area contributed by atoms with Crippen molar-refractivity contribution in [3.8, 4) is 0 Å². The summed E-state index contributed by atoms with van der Waals surface area (Å²) in [5.41, 5.74) is 6.91. The molecule has 102 valence electrons. The van der Waals surface area contributed by atoms with Crippen molar-refractivity contribution in [3.63, 3.8) is 0 Å². The maximum absolute atomic E-state index is 5.78. The Hall–Kier alpha value is -1.19. The molecule has 0 aliphatic heterocycles. The summed E-state index contributed by atoms with van der Waals surface area (Å²) in [6.45, 7) is 4.93. The molecule has 2 N–H and O–H groups in total. The highest BCUT2D eigenvalue weighted by Gasteiger charge is 2.61. The maximum atomic E-state index is 5.78. The molecule has 4 saturated carbocycles. The van der Waals surface area contributed by atoms with Crippen LogP contribution in [0.3, 0.4) is 0 Å². The number of rotatable bonds is 1. The van der Waals surface area contributed by atoms with E-state index in [9.17, 15) is 0 Å². The average molecular weight is 258 g/mol. The van der Waals surface area contributed by atoms with Crippen LogP contribution in [0.1, 0.15) is 58.2 Å². The van der Waals surface area contributed by atoms with E-state index in [-0.39, 0.29) is 5.41 Å². The fraction of sp³-hybridized carbons (Fsp3) is 0.800. The van der Waals surface area contributed by atoms with E-state index in [1.807, 2.05) is 0 Å². The van der Waals surface area contributed by atoms with Gasteiger partial charge >= 0.3 is 0 Å². The summed E-state index contributed by atoms with van der Waals surface area (Å²) in [4.78, 5) is 12.9. The Morgan fingerprint density at radius 3 is 2.32 bits per heavy atom. The van der Waals surface area contributed by atoms with Crippen molar-refractivity contribution in [1.29, 1.82) is 0 Å². The number of nitrogens with two attached hydrogens (primary N) is 1. The van der Waals surface area contributed by atoms with Gasteiger partial charge in [-0.2, -0.15) is 4.98 Å². The van der Waals surface area contributed by atoms with E-state index in [4.69, 9.17) is 5.73 Å². The fourth-order valence-electron chi connectivity index (χ4n) is 6.26. The predicted octanol–water partition coefficient (Wildman–Crippen LogP) is 2.70. The molecule has 4 bridgehead atoms. The van der Waals surface area contributed by atoms with Gasteiger partial charge in [-0.15, -0.1) is 0 Å². The fourth-order valence-corrected chi connectivity index (χ4v) is 6.26. The van der Waals surface area contributed by atoms with Gasteiger partial charge in [-0.05, 0) is 55.3 Å². The molecular formula is C15H22N4. The average Bonchev–Trinajstić information content (AvgIpc) is 2.23. The Morgan fingerprint density at radius 1 is 1.05 bits per heavy atom. The molecule has 2 atom stereocenters. The molecule has 4 fully saturated rings. The van der Waals surface area contributed by atoms with Crippen LogP contribution in [0.4, 0.5) is 5.95 Å². The van der Waals surface area contributed by atoms with Crippen LogP contribution in [0.15, 0.2) is 6.33 Å². The lowest BCUT2D eigenvalue weighted by molar-refractivity contribution is -0.112. The summed E-state index contributed by atoms with van der Waals surface area (Å²) < 4.78 is 0. The molecule has 0 aromatic carbocycles. The van der Waals surface area contributed by atoms with Gasteiger partial charge in [0.2, 0.25) is 5.95 Å². The van der Waals surface area contributed by atoms with Crippen LogP contribution >= 0.6 is 0 Å². The van der Waals surface area contributed by atoms with Gasteiger partial charge in [0.25, 0.3) is 0 Å². The highest BCUT2D eigenvalue weighted by atomic mass is 15.1. The first-order valence-electron chi connectivity index (χ1n) is 7.36. The molecule has 4 heteroatoms. The van der Waals surface area contributed by atoms with Crippen molar-refractivity contribution in [3.05, 3.63) is 12.2 Å². The first kappa shape index (κ1) is 11.6. The molecular weight excluding hydrogens is 236 g/mol. The summed E-state index contributed by atoms with van der Waals surface area (Å²) in [6, 6.07) is 0. The van der Waals surface area contributed by atoms with E-state index >= 15 is 0 Å². The Balaban J connectivity index is 1.83. The van der Waals surface area contributed by atoms with E-state index in [2.05, 4.69) is 28.8 Å². The normalized spacial score (nSPS) is 47.6. The van der Waals surface area contributed by atoms with E-state index in [1.165, 1.54) is 38.5 Å². The highest BCUT2D eigenvalue weighted by molar-refractivity contribution is 5.24. The topological polar surface area (TPSA) is 64.7 Å². The Kier molecular flexibility index (Phi) is 2.00. The third-order valence-corrected chi connectivity index (χ3v) is 5.69. The Morgan fingerprint density at radius 2 is 1.74 bits per heavy atom. The molecule has 5 rings (SSSR count). The second-order valence-electron chi connectivity index (χ2n) is 8.08. The molecule has 0 saturated heterocycles. The number of nitrogen functional groups attached to an aromatic ring is 1. The van der Waals surface area contributed by atoms with Crippen molar-refractivity contribution < 1.29 is 0 Å². The van der Waals surface area contributed by atoms with Gasteiger partial charge in [-0.3, -0.25) is 0 Å². The van der Waals surface area contributed by atoms with Crippen molar-refractivity contribution >= 4 is 5.95 Å². The lowest BCUT2D eigenvalue weighted by Crippen LogP contribution is -2.57. The molecule has 0 spiro atoms. The molecule has 4 nitrogen and oxygen atoms in total. The second kappa shape index (κ2) is 3.28. The first-order chi connectivity index (χ1) is 8.91. The quantitative estimate of drug-likeness (QED) is 0.841. The minimum absolute atomic E-state index is 0.167. The van der Waals surface area contributed by atoms with Crippen LogP contribution < -0.4 is 5.73 Å². The van der Waals surface area contributed by atoms with Gasteiger partial charge in [0, 0.05) is 5.41 Å². The van der Waals surface area contributed by atoms with Gasteiger partial charge in [0.05, 0.1) is 0 Å². The summed E-state index contributed by atoms with van der Waals surface area (Å²) in [5.74, 6) is 2.18. The first-order valence-corrected chi connectivity index (χ1v) is 7.36. The van der Waals surface area contributed by atoms with Crippen molar-refractivity contribution in [2.24, 2.45) is 16.7 Å². The molecule has 0 radical (unpaired) electrons. The van der Waals surface area contributed by atoms with Gasteiger partial charge in [0.1, 0.15) is 12.2 Å². The van der Waals surface area contributed by atoms with Crippen LogP contribution in [0.2, 0.25) is 0 Å². The molecule has 19 heavy (non-hydrogen) atoms. The SMILES string of the molecule is CC12CC3CC(C)(C1)CC(c1ncnc(N)n1)(C3)C2. The zero-order chi connectivity index (χ0) is 13.3. The lowest BCUT2D eigenvalue weighted by Gasteiger charge is -2.64. The van der Waals surface area contributed by atoms with Crippen LogP contribution in [0.5, 0.6) is 0 Å². The van der Waals surface area contributed by atoms with Gasteiger partial charge in [-0.1, -0.05) is 13.8 Å². The van der Waals surface area contributed by atoms with E-state index in [1.54, 1.807) is 6.33 Å². The van der Waals surface area contributed by atoms with Gasteiger partial charge in [-0.25, -0.2) is 9.97 Å². The zero-order valence-corrected chi connectivity index (χ0v) is 11.8. The Labute approximate surface area is 114 Å². The van der Waals surface area contributed by atoms with Gasteiger partial charge in [0.15, 0.2) is 0 Å². The molecule has 4 aliphatic carbocycles. The maximum Gasteiger partial charge on any atom is 0.223 e. The van der Waals surface area contributed by atoms with Crippen LogP contribution in [-0.4, -0.2) is 15.0 Å². The van der Waals surface area contributed by atoms with E-state index < -0.39 is 0 Å². The monoisotopic (exact) mass is 258 g/mol. The molecule has 0 amide bonds. The van der Waals surface area contributed by atoms with Crippen LogP contribution in [-0.2, 0) is 5.41 Å². The van der Waals surface area contributed by atoms with E-state index in [0.717, 1.165) is 11.7 Å². The third kappa shape index (κ3) is 1.61. The van der Waals surface area contributed by atoms with Crippen molar-refractivity contribution in [2.75, 3.05) is 5.73 Å². The molecule has 1 aromatic heterocycles. The summed E-state index contributed by atoms with van der Waals surface area (Å²) in [5, 5.41) is 0. The molecule has 4 aliphatic rings. The van der Waals surface area contributed by atoms with Crippen molar-refractivity contribution in [2.45, 2.75) is 57.8 Å². The van der Waals surface area contributed by atoms with Gasteiger partial charge < -0.3 is 5.73 Å². The summed E-state index contributed by atoms with van der Waals surface area (Å²) in [6.07, 6.45) is 9.46.